The molecule has 3 N–H and O–H groups in total. The molecule has 21 heavy (non-hydrogen) atoms. The molecule has 1 fully saturated rings. The molecule has 0 bridgehead atoms. The van der Waals surface area contributed by atoms with Gasteiger partial charge < -0.3 is 15.8 Å². The smallest absolute Gasteiger partial charge is 0.258 e. The third-order valence-corrected chi connectivity index (χ3v) is 3.54. The second-order valence-corrected chi connectivity index (χ2v) is 5.04. The van der Waals surface area contributed by atoms with Gasteiger partial charge in [0.05, 0.1) is 23.5 Å². The molecule has 0 saturated heterocycles. The van der Waals surface area contributed by atoms with Crippen molar-refractivity contribution in [3.63, 3.8) is 0 Å². The summed E-state index contributed by atoms with van der Waals surface area (Å²) in [6.07, 6.45) is 8.80. The highest BCUT2D eigenvalue weighted by Crippen LogP contribution is 2.29. The molecule has 1 aliphatic carbocycles. The Morgan fingerprint density at radius 2 is 2.33 bits per heavy atom. The molecule has 1 amide bonds. The molecular formula is C13H16N6O2. The maximum absolute atomic E-state index is 12.7. The van der Waals surface area contributed by atoms with E-state index in [1.807, 2.05) is 0 Å². The second-order valence-electron chi connectivity index (χ2n) is 5.04. The van der Waals surface area contributed by atoms with Crippen molar-refractivity contribution < 1.29 is 10.0 Å². The van der Waals surface area contributed by atoms with Gasteiger partial charge in [0, 0.05) is 31.4 Å². The number of amides is 1. The average Bonchev–Trinajstić information content (AvgIpc) is 3.25. The summed E-state index contributed by atoms with van der Waals surface area (Å²) in [6.45, 7) is 0.428. The van der Waals surface area contributed by atoms with E-state index in [0.29, 0.717) is 24.0 Å². The van der Waals surface area contributed by atoms with E-state index in [1.165, 1.54) is 0 Å². The third-order valence-electron chi connectivity index (χ3n) is 3.54. The zero-order chi connectivity index (χ0) is 14.8. The Hall–Kier alpha value is -2.64. The minimum Gasteiger partial charge on any atom is -0.409 e. The van der Waals surface area contributed by atoms with Crippen molar-refractivity contribution in [3.05, 3.63) is 30.4 Å². The molecular weight excluding hydrogens is 272 g/mol. The lowest BCUT2D eigenvalue weighted by Crippen LogP contribution is -2.35. The molecule has 0 atom stereocenters. The van der Waals surface area contributed by atoms with Gasteiger partial charge in [0.2, 0.25) is 0 Å². The van der Waals surface area contributed by atoms with Gasteiger partial charge in [0.25, 0.3) is 5.91 Å². The van der Waals surface area contributed by atoms with Crippen LogP contribution in [0.5, 0.6) is 0 Å². The monoisotopic (exact) mass is 288 g/mol. The summed E-state index contributed by atoms with van der Waals surface area (Å²) in [6, 6.07) is 0.232. The highest BCUT2D eigenvalue weighted by Gasteiger charge is 2.34. The Balaban J connectivity index is 1.84. The summed E-state index contributed by atoms with van der Waals surface area (Å²) in [4.78, 5) is 18.5. The normalized spacial score (nSPS) is 15.3. The number of fused-ring (bicyclic) bond motifs is 1. The Bertz CT molecular complexity index is 691. The van der Waals surface area contributed by atoms with E-state index < -0.39 is 0 Å². The molecule has 1 saturated carbocycles. The van der Waals surface area contributed by atoms with Gasteiger partial charge >= 0.3 is 0 Å². The van der Waals surface area contributed by atoms with E-state index in [1.54, 1.807) is 34.2 Å². The molecule has 8 nitrogen and oxygen atoms in total. The number of oxime groups is 1. The maximum Gasteiger partial charge on any atom is 0.258 e. The van der Waals surface area contributed by atoms with Crippen LogP contribution in [0, 0.1) is 0 Å². The quantitative estimate of drug-likeness (QED) is 0.360. The van der Waals surface area contributed by atoms with E-state index in [9.17, 15) is 4.79 Å². The zero-order valence-electron chi connectivity index (χ0n) is 11.4. The Morgan fingerprint density at radius 1 is 1.52 bits per heavy atom. The van der Waals surface area contributed by atoms with Crippen LogP contribution in [0.1, 0.15) is 29.6 Å². The van der Waals surface area contributed by atoms with Gasteiger partial charge in [0.1, 0.15) is 5.84 Å². The van der Waals surface area contributed by atoms with Crippen LogP contribution in [0.4, 0.5) is 0 Å². The maximum atomic E-state index is 12.7. The van der Waals surface area contributed by atoms with Crippen molar-refractivity contribution in [1.29, 1.82) is 0 Å². The van der Waals surface area contributed by atoms with E-state index in [4.69, 9.17) is 10.9 Å². The van der Waals surface area contributed by atoms with Gasteiger partial charge in [-0.25, -0.2) is 4.52 Å². The number of carbonyl (C=O) groups is 1. The van der Waals surface area contributed by atoms with Gasteiger partial charge in [-0.15, -0.1) is 0 Å². The topological polar surface area (TPSA) is 109 Å². The summed E-state index contributed by atoms with van der Waals surface area (Å²) < 4.78 is 1.62. The van der Waals surface area contributed by atoms with E-state index in [2.05, 4.69) is 15.2 Å². The zero-order valence-corrected chi connectivity index (χ0v) is 11.4. The number of carbonyl (C=O) groups excluding carboxylic acids is 1. The number of amidine groups is 1. The Labute approximate surface area is 120 Å². The SMILES string of the molecule is N/C(CCN(C(=O)c1cnn2ccncc12)C1CC1)=N/O. The van der Waals surface area contributed by atoms with E-state index in [0.717, 1.165) is 12.8 Å². The van der Waals surface area contributed by atoms with E-state index in [-0.39, 0.29) is 17.8 Å². The summed E-state index contributed by atoms with van der Waals surface area (Å²) in [5, 5.41) is 15.7. The minimum atomic E-state index is -0.0914. The van der Waals surface area contributed by atoms with Gasteiger partial charge in [-0.2, -0.15) is 5.10 Å². The fraction of sp³-hybridized carbons (Fsp3) is 0.385. The Kier molecular flexibility index (Phi) is 3.43. The molecule has 0 spiro atoms. The van der Waals surface area contributed by atoms with Crippen molar-refractivity contribution in [3.8, 4) is 0 Å². The first-order chi connectivity index (χ1) is 10.2. The number of hydrogen-bond acceptors (Lipinski definition) is 5. The highest BCUT2D eigenvalue weighted by molar-refractivity contribution is 6.01. The first kappa shape index (κ1) is 13.3. The van der Waals surface area contributed by atoms with Gasteiger partial charge in [-0.05, 0) is 12.8 Å². The van der Waals surface area contributed by atoms with Gasteiger partial charge in [-0.3, -0.25) is 9.78 Å². The molecule has 0 unspecified atom stereocenters. The van der Waals surface area contributed by atoms with Crippen LogP contribution in [-0.2, 0) is 0 Å². The number of rotatable bonds is 5. The molecule has 2 aromatic heterocycles. The van der Waals surface area contributed by atoms with Crippen molar-refractivity contribution in [2.24, 2.45) is 10.9 Å². The standard InChI is InChI=1S/C13H16N6O2/c14-12(17-21)3-5-18(9-1-2-9)13(20)10-7-16-19-6-4-15-8-11(10)19/h4,6-9,21H,1-3,5H2,(H2,14,17). The van der Waals surface area contributed by atoms with Gasteiger partial charge in [-0.1, -0.05) is 5.16 Å². The first-order valence-corrected chi connectivity index (χ1v) is 6.75. The average molecular weight is 288 g/mol. The van der Waals surface area contributed by atoms with Crippen molar-refractivity contribution in [2.75, 3.05) is 6.54 Å². The number of aromatic nitrogens is 3. The first-order valence-electron chi connectivity index (χ1n) is 6.75. The van der Waals surface area contributed by atoms with E-state index >= 15 is 0 Å². The predicted octanol–water partition coefficient (Wildman–Crippen LogP) is 0.470. The predicted molar refractivity (Wildman–Crippen MR) is 75.1 cm³/mol. The molecule has 0 aliphatic heterocycles. The van der Waals surface area contributed by atoms with Crippen LogP contribution < -0.4 is 5.73 Å². The fourth-order valence-electron chi connectivity index (χ4n) is 2.28. The van der Waals surface area contributed by atoms with Crippen molar-refractivity contribution >= 4 is 17.3 Å². The van der Waals surface area contributed by atoms with Crippen LogP contribution >= 0.6 is 0 Å². The lowest BCUT2D eigenvalue weighted by atomic mass is 10.2. The summed E-state index contributed by atoms with van der Waals surface area (Å²) >= 11 is 0. The third kappa shape index (κ3) is 2.64. The lowest BCUT2D eigenvalue weighted by molar-refractivity contribution is 0.0749. The van der Waals surface area contributed by atoms with Crippen LogP contribution in [0.2, 0.25) is 0 Å². The Morgan fingerprint density at radius 3 is 3.05 bits per heavy atom. The molecule has 2 heterocycles. The summed E-state index contributed by atoms with van der Waals surface area (Å²) in [5.74, 6) is 0.0289. The molecule has 110 valence electrons. The molecule has 8 heteroatoms. The van der Waals surface area contributed by atoms with Crippen molar-refractivity contribution in [1.82, 2.24) is 19.5 Å². The fourth-order valence-corrected chi connectivity index (χ4v) is 2.28. The van der Waals surface area contributed by atoms with Crippen molar-refractivity contribution in [2.45, 2.75) is 25.3 Å². The number of nitrogens with zero attached hydrogens (tertiary/aromatic N) is 5. The van der Waals surface area contributed by atoms with Crippen LogP contribution in [-0.4, -0.2) is 49.0 Å². The molecule has 0 radical (unpaired) electrons. The largest absolute Gasteiger partial charge is 0.409 e. The lowest BCUT2D eigenvalue weighted by Gasteiger charge is -2.21. The molecule has 1 aliphatic rings. The van der Waals surface area contributed by atoms with Crippen LogP contribution in [0.3, 0.4) is 0 Å². The molecule has 0 aromatic carbocycles. The minimum absolute atomic E-state index is 0.0914. The van der Waals surface area contributed by atoms with Crippen LogP contribution in [0.15, 0.2) is 29.9 Å². The molecule has 2 aromatic rings. The second kappa shape index (κ2) is 5.39. The highest BCUT2D eigenvalue weighted by atomic mass is 16.4. The summed E-state index contributed by atoms with van der Waals surface area (Å²) in [7, 11) is 0. The molecule has 3 rings (SSSR count). The summed E-state index contributed by atoms with van der Waals surface area (Å²) in [5.41, 5.74) is 6.69. The van der Waals surface area contributed by atoms with Gasteiger partial charge in [0.15, 0.2) is 0 Å². The number of nitrogens with two attached hydrogens (primary N) is 1. The number of hydrogen-bond donors (Lipinski definition) is 2. The van der Waals surface area contributed by atoms with Crippen LogP contribution in [0.25, 0.3) is 5.52 Å².